The number of carbonyl (C=O) groups excluding carboxylic acids is 1. The topological polar surface area (TPSA) is 104 Å². The molecule has 9 heteroatoms. The quantitative estimate of drug-likeness (QED) is 0.847. The van der Waals surface area contributed by atoms with E-state index in [0.717, 1.165) is 12.8 Å². The maximum Gasteiger partial charge on any atom is 0.340 e. The summed E-state index contributed by atoms with van der Waals surface area (Å²) in [4.78, 5) is 27.5. The van der Waals surface area contributed by atoms with Gasteiger partial charge < -0.3 is 9.64 Å². The van der Waals surface area contributed by atoms with Gasteiger partial charge in [0.25, 0.3) is 5.91 Å². The van der Waals surface area contributed by atoms with Crippen LogP contribution in [0.3, 0.4) is 0 Å². The van der Waals surface area contributed by atoms with E-state index in [1.165, 1.54) is 11.5 Å². The molecule has 1 fully saturated rings. The fraction of sp³-hybridized carbons (Fsp3) is 0.500. The van der Waals surface area contributed by atoms with Gasteiger partial charge in [-0.15, -0.1) is 0 Å². The van der Waals surface area contributed by atoms with Crippen molar-refractivity contribution in [1.82, 2.24) is 24.5 Å². The molecule has 0 aliphatic carbocycles. The molecule has 3 rings (SSSR count). The fourth-order valence-corrected chi connectivity index (χ4v) is 2.84. The van der Waals surface area contributed by atoms with Gasteiger partial charge in [-0.2, -0.15) is 9.47 Å². The zero-order valence-corrected chi connectivity index (χ0v) is 12.1. The van der Waals surface area contributed by atoms with Gasteiger partial charge in [-0.25, -0.2) is 9.89 Å². The Morgan fingerprint density at radius 1 is 1.48 bits per heavy atom. The van der Waals surface area contributed by atoms with Crippen LogP contribution in [0.5, 0.6) is 5.88 Å². The third kappa shape index (κ3) is 3.30. The molecule has 0 unspecified atom stereocenters. The molecule has 0 spiro atoms. The molecule has 1 amide bonds. The summed E-state index contributed by atoms with van der Waals surface area (Å²) in [5.74, 6) is 1.30. The van der Waals surface area contributed by atoms with E-state index in [-0.39, 0.29) is 24.1 Å². The van der Waals surface area contributed by atoms with Gasteiger partial charge >= 0.3 is 5.69 Å². The molecule has 0 atom stereocenters. The summed E-state index contributed by atoms with van der Waals surface area (Å²) in [6.45, 7) is 1.28. The Labute approximate surface area is 124 Å². The highest BCUT2D eigenvalue weighted by Crippen LogP contribution is 2.24. The van der Waals surface area contributed by atoms with Crippen LogP contribution < -0.4 is 10.4 Å². The molecule has 3 heterocycles. The molecule has 8 nitrogen and oxygen atoms in total. The lowest BCUT2D eigenvalue weighted by Gasteiger charge is -2.30. The minimum absolute atomic E-state index is 0.00758. The lowest BCUT2D eigenvalue weighted by molar-refractivity contribution is -0.134. The number of hydrogen-bond donors (Lipinski definition) is 2. The number of hydrogen-bond acceptors (Lipinski definition) is 6. The number of rotatable bonds is 4. The highest BCUT2D eigenvalue weighted by atomic mass is 32.1. The average molecular weight is 309 g/mol. The lowest BCUT2D eigenvalue weighted by Crippen LogP contribution is -2.40. The van der Waals surface area contributed by atoms with Crippen molar-refractivity contribution in [1.29, 1.82) is 0 Å². The maximum absolute atomic E-state index is 12.0. The van der Waals surface area contributed by atoms with Crippen LogP contribution in [0, 0.1) is 0 Å². The van der Waals surface area contributed by atoms with E-state index in [9.17, 15) is 9.59 Å². The van der Waals surface area contributed by atoms with Crippen molar-refractivity contribution in [3.05, 3.63) is 27.8 Å². The van der Waals surface area contributed by atoms with Crippen molar-refractivity contribution in [2.45, 2.75) is 18.8 Å². The Bertz CT molecular complexity index is 642. The number of aromatic amines is 2. The second-order valence-corrected chi connectivity index (χ2v) is 5.51. The standard InChI is InChI=1S/C12H15N5O3S/c18-10(7-20-9-3-6-21-16-9)17-4-1-8(2-5-17)11-13-12(19)15-14-11/h3,6,8H,1-2,4-5,7H2,(H2,13,14,15,19). The van der Waals surface area contributed by atoms with Crippen molar-refractivity contribution in [3.8, 4) is 5.88 Å². The highest BCUT2D eigenvalue weighted by molar-refractivity contribution is 7.03. The van der Waals surface area contributed by atoms with Crippen LogP contribution in [-0.2, 0) is 4.79 Å². The summed E-state index contributed by atoms with van der Waals surface area (Å²) in [6.07, 6.45) is 1.56. The van der Waals surface area contributed by atoms with E-state index in [4.69, 9.17) is 4.74 Å². The molecule has 0 aromatic carbocycles. The molecule has 1 aliphatic rings. The first-order valence-corrected chi connectivity index (χ1v) is 7.51. The van der Waals surface area contributed by atoms with E-state index in [2.05, 4.69) is 19.6 Å². The normalized spacial score (nSPS) is 16.1. The SMILES string of the molecule is O=C(COc1ccsn1)N1CCC(c2n[nH]c(=O)[nH]2)CC1. The predicted molar refractivity (Wildman–Crippen MR) is 75.4 cm³/mol. The first kappa shape index (κ1) is 13.8. The minimum atomic E-state index is -0.292. The minimum Gasteiger partial charge on any atom is -0.467 e. The number of aromatic nitrogens is 4. The van der Waals surface area contributed by atoms with Crippen molar-refractivity contribution < 1.29 is 9.53 Å². The number of ether oxygens (including phenoxy) is 1. The van der Waals surface area contributed by atoms with Gasteiger partial charge in [-0.1, -0.05) is 0 Å². The van der Waals surface area contributed by atoms with E-state index in [1.54, 1.807) is 16.3 Å². The molecular formula is C12H15N5O3S. The molecule has 2 N–H and O–H groups in total. The van der Waals surface area contributed by atoms with Crippen molar-refractivity contribution in [2.75, 3.05) is 19.7 Å². The largest absolute Gasteiger partial charge is 0.467 e. The van der Waals surface area contributed by atoms with Crippen molar-refractivity contribution in [3.63, 3.8) is 0 Å². The van der Waals surface area contributed by atoms with Crippen LogP contribution in [0.2, 0.25) is 0 Å². The number of H-pyrrole nitrogens is 2. The monoisotopic (exact) mass is 309 g/mol. The van der Waals surface area contributed by atoms with Crippen LogP contribution in [0.1, 0.15) is 24.6 Å². The Morgan fingerprint density at radius 3 is 2.90 bits per heavy atom. The third-order valence-electron chi connectivity index (χ3n) is 3.51. The van der Waals surface area contributed by atoms with Crippen LogP contribution in [0.25, 0.3) is 0 Å². The van der Waals surface area contributed by atoms with Gasteiger partial charge in [0.15, 0.2) is 6.61 Å². The summed E-state index contributed by atoms with van der Waals surface area (Å²) in [5, 5.41) is 8.12. The smallest absolute Gasteiger partial charge is 0.340 e. The van der Waals surface area contributed by atoms with Gasteiger partial charge in [0.2, 0.25) is 5.88 Å². The molecule has 1 saturated heterocycles. The molecular weight excluding hydrogens is 294 g/mol. The van der Waals surface area contributed by atoms with Crippen LogP contribution >= 0.6 is 11.5 Å². The summed E-state index contributed by atoms with van der Waals surface area (Å²) in [7, 11) is 0. The third-order valence-corrected chi connectivity index (χ3v) is 4.05. The van der Waals surface area contributed by atoms with Gasteiger partial charge in [-0.3, -0.25) is 9.78 Å². The fourth-order valence-electron chi connectivity index (χ4n) is 2.38. The number of nitrogens with one attached hydrogen (secondary N) is 2. The Kier molecular flexibility index (Phi) is 4.00. The second-order valence-electron chi connectivity index (χ2n) is 4.84. The zero-order valence-electron chi connectivity index (χ0n) is 11.2. The van der Waals surface area contributed by atoms with E-state index >= 15 is 0 Å². The first-order chi connectivity index (χ1) is 10.2. The second kappa shape index (κ2) is 6.08. The number of piperidine rings is 1. The molecule has 2 aromatic rings. The predicted octanol–water partition coefficient (Wildman–Crippen LogP) is 0.340. The highest BCUT2D eigenvalue weighted by Gasteiger charge is 2.25. The number of carbonyl (C=O) groups is 1. The summed E-state index contributed by atoms with van der Waals surface area (Å²) in [6, 6.07) is 1.73. The van der Waals surface area contributed by atoms with Crippen LogP contribution in [0.4, 0.5) is 0 Å². The molecule has 0 radical (unpaired) electrons. The van der Waals surface area contributed by atoms with E-state index in [1.807, 2.05) is 0 Å². The average Bonchev–Trinajstić information content (AvgIpc) is 3.16. The molecule has 0 saturated carbocycles. The maximum atomic E-state index is 12.0. The summed E-state index contributed by atoms with van der Waals surface area (Å²) >= 11 is 1.29. The zero-order chi connectivity index (χ0) is 14.7. The van der Waals surface area contributed by atoms with E-state index in [0.29, 0.717) is 24.8 Å². The Morgan fingerprint density at radius 2 is 2.29 bits per heavy atom. The Balaban J connectivity index is 1.48. The van der Waals surface area contributed by atoms with Crippen molar-refractivity contribution >= 4 is 17.4 Å². The van der Waals surface area contributed by atoms with Gasteiger partial charge in [0.1, 0.15) is 5.82 Å². The lowest BCUT2D eigenvalue weighted by atomic mass is 9.96. The number of likely N-dealkylation sites (tertiary alicyclic amines) is 1. The van der Waals surface area contributed by atoms with Crippen LogP contribution in [-0.4, -0.2) is 50.1 Å². The van der Waals surface area contributed by atoms with Gasteiger partial charge in [0.05, 0.1) is 0 Å². The Hall–Kier alpha value is -2.16. The first-order valence-electron chi connectivity index (χ1n) is 6.68. The van der Waals surface area contributed by atoms with Gasteiger partial charge in [0, 0.05) is 30.5 Å². The van der Waals surface area contributed by atoms with E-state index < -0.39 is 0 Å². The molecule has 1 aliphatic heterocycles. The number of amides is 1. The summed E-state index contributed by atoms with van der Waals surface area (Å²) < 4.78 is 9.31. The molecule has 112 valence electrons. The van der Waals surface area contributed by atoms with Crippen LogP contribution in [0.15, 0.2) is 16.2 Å². The molecule has 21 heavy (non-hydrogen) atoms. The van der Waals surface area contributed by atoms with Crippen molar-refractivity contribution in [2.24, 2.45) is 0 Å². The molecule has 0 bridgehead atoms. The summed E-state index contributed by atoms with van der Waals surface area (Å²) in [5.41, 5.74) is -0.292. The van der Waals surface area contributed by atoms with Gasteiger partial charge in [-0.05, 0) is 24.4 Å². The molecule has 2 aromatic heterocycles. The number of nitrogens with zero attached hydrogens (tertiary/aromatic N) is 3.